The largest absolute Gasteiger partial charge is 0.475 e. The molecule has 1 rings (SSSR count). The van der Waals surface area contributed by atoms with Crippen LogP contribution in [0.4, 0.5) is 0 Å². The molecule has 7 atom stereocenters. The Bertz CT molecular complexity index is 450. The van der Waals surface area contributed by atoms with E-state index >= 15 is 0 Å². The third-order valence-electron chi connectivity index (χ3n) is 3.10. The molecule has 0 radical (unpaired) electrons. The number of aldehydes is 1. The van der Waals surface area contributed by atoms with E-state index in [4.69, 9.17) is 19.7 Å². The number of carboxylic acid groups (broad SMARTS) is 1. The number of carboxylic acids is 1. The van der Waals surface area contributed by atoms with Crippen LogP contribution in [-0.4, -0.2) is 97.5 Å². The zero-order valence-electron chi connectivity index (χ0n) is 11.7. The first kappa shape index (κ1) is 19.4. The number of hydrogen-bond donors (Lipinski definition) is 7. The minimum absolute atomic E-state index is 0.0131. The molecule has 0 saturated carbocycles. The molecule has 0 aromatic rings. The van der Waals surface area contributed by atoms with E-state index in [1.54, 1.807) is 0 Å². The summed E-state index contributed by atoms with van der Waals surface area (Å²) in [4.78, 5) is 21.8. The molecule has 0 aromatic carbocycles. The van der Waals surface area contributed by atoms with Crippen LogP contribution < -0.4 is 0 Å². The molecule has 0 unspecified atom stereocenters. The molecular weight excluding hydrogens is 320 g/mol. The summed E-state index contributed by atoms with van der Waals surface area (Å²) in [6, 6.07) is 0. The Labute approximate surface area is 129 Å². The van der Waals surface area contributed by atoms with Crippen molar-refractivity contribution in [3.8, 4) is 0 Å². The van der Waals surface area contributed by atoms with Crippen molar-refractivity contribution in [3.05, 3.63) is 11.8 Å². The van der Waals surface area contributed by atoms with Gasteiger partial charge >= 0.3 is 5.97 Å². The average molecular weight is 338 g/mol. The summed E-state index contributed by atoms with van der Waals surface area (Å²) in [7, 11) is 0. The van der Waals surface area contributed by atoms with Crippen LogP contribution in [0.15, 0.2) is 11.8 Å². The minimum Gasteiger partial charge on any atom is -0.475 e. The van der Waals surface area contributed by atoms with Gasteiger partial charge in [0.1, 0.15) is 36.6 Å². The fourth-order valence-corrected chi connectivity index (χ4v) is 1.76. The second-order valence-corrected chi connectivity index (χ2v) is 4.77. The lowest BCUT2D eigenvalue weighted by molar-refractivity contribution is -0.240. The third kappa shape index (κ3) is 4.68. The summed E-state index contributed by atoms with van der Waals surface area (Å²) in [6.45, 7) is -0.906. The standard InChI is InChI=1S/C12H18O11/c13-2-5(16)8(17)10(19)7(3-14)23-12-9(18)4(15)1-6(22-12)11(20)21/h1,3-5,7-10,12-13,15-19H,2H2,(H,20,21)/t4-,5+,7-,8+,9+,10+,12-/m0/s1. The number of rotatable bonds is 8. The van der Waals surface area contributed by atoms with E-state index in [0.29, 0.717) is 6.08 Å². The smallest absolute Gasteiger partial charge is 0.371 e. The summed E-state index contributed by atoms with van der Waals surface area (Å²) in [5, 5.41) is 65.1. The van der Waals surface area contributed by atoms with Crippen molar-refractivity contribution in [3.63, 3.8) is 0 Å². The zero-order chi connectivity index (χ0) is 17.7. The first-order valence-corrected chi connectivity index (χ1v) is 6.46. The number of ether oxygens (including phenoxy) is 2. The molecule has 0 saturated heterocycles. The molecule has 1 aliphatic rings. The highest BCUT2D eigenvalue weighted by atomic mass is 16.7. The highest BCUT2D eigenvalue weighted by molar-refractivity contribution is 5.84. The van der Waals surface area contributed by atoms with E-state index in [-0.39, 0.29) is 6.29 Å². The average Bonchev–Trinajstić information content (AvgIpc) is 2.53. The van der Waals surface area contributed by atoms with Crippen molar-refractivity contribution in [1.82, 2.24) is 0 Å². The molecule has 0 amide bonds. The Morgan fingerprint density at radius 2 is 1.91 bits per heavy atom. The van der Waals surface area contributed by atoms with Crippen molar-refractivity contribution in [1.29, 1.82) is 0 Å². The number of aliphatic carboxylic acids is 1. The van der Waals surface area contributed by atoms with Gasteiger partial charge in [0.2, 0.25) is 12.0 Å². The normalized spacial score (nSPS) is 29.7. The summed E-state index contributed by atoms with van der Waals surface area (Å²) < 4.78 is 9.62. The fraction of sp³-hybridized carbons (Fsp3) is 0.667. The molecule has 0 fully saturated rings. The van der Waals surface area contributed by atoms with Gasteiger partial charge < -0.3 is 50.0 Å². The van der Waals surface area contributed by atoms with Gasteiger partial charge in [0.05, 0.1) is 6.61 Å². The lowest BCUT2D eigenvalue weighted by Crippen LogP contribution is -2.52. The molecular formula is C12H18O11. The number of aliphatic hydroxyl groups excluding tert-OH is 6. The van der Waals surface area contributed by atoms with E-state index in [2.05, 4.69) is 0 Å². The van der Waals surface area contributed by atoms with Crippen LogP contribution in [0.3, 0.4) is 0 Å². The lowest BCUT2D eigenvalue weighted by Gasteiger charge is -2.34. The Balaban J connectivity index is 2.84. The topological polar surface area (TPSA) is 194 Å². The molecule has 11 heteroatoms. The second kappa shape index (κ2) is 8.31. The quantitative estimate of drug-likeness (QED) is 0.211. The second-order valence-electron chi connectivity index (χ2n) is 4.77. The Morgan fingerprint density at radius 1 is 1.30 bits per heavy atom. The van der Waals surface area contributed by atoms with Crippen LogP contribution in [0.2, 0.25) is 0 Å². The summed E-state index contributed by atoms with van der Waals surface area (Å²) >= 11 is 0. The van der Waals surface area contributed by atoms with Gasteiger partial charge in [-0.2, -0.15) is 0 Å². The SMILES string of the molecule is O=C[C@H](O[C@@H]1OC(C(=O)O)=C[C@H](O)[C@H]1O)[C@@H](O)[C@H](O)[C@H](O)CO. The van der Waals surface area contributed by atoms with Gasteiger partial charge in [-0.05, 0) is 6.08 Å². The molecule has 0 spiro atoms. The number of carbonyl (C=O) groups is 2. The van der Waals surface area contributed by atoms with E-state index in [1.807, 2.05) is 0 Å². The van der Waals surface area contributed by atoms with Crippen molar-refractivity contribution in [2.75, 3.05) is 6.61 Å². The first-order chi connectivity index (χ1) is 10.7. The molecule has 11 nitrogen and oxygen atoms in total. The molecule has 0 aliphatic carbocycles. The Hall–Kier alpha value is -1.60. The van der Waals surface area contributed by atoms with Crippen molar-refractivity contribution in [2.45, 2.75) is 42.9 Å². The number of carbonyl (C=O) groups excluding carboxylic acids is 1. The summed E-state index contributed by atoms with van der Waals surface area (Å²) in [5.41, 5.74) is 0. The van der Waals surface area contributed by atoms with Crippen LogP contribution in [0.5, 0.6) is 0 Å². The highest BCUT2D eigenvalue weighted by Gasteiger charge is 2.40. The maximum atomic E-state index is 11.0. The van der Waals surface area contributed by atoms with Crippen molar-refractivity contribution >= 4 is 12.3 Å². The van der Waals surface area contributed by atoms with Crippen molar-refractivity contribution in [2.24, 2.45) is 0 Å². The van der Waals surface area contributed by atoms with E-state index in [1.165, 1.54) is 0 Å². The van der Waals surface area contributed by atoms with Gasteiger partial charge in [-0.25, -0.2) is 4.79 Å². The molecule has 0 bridgehead atoms. The molecule has 7 N–H and O–H groups in total. The Morgan fingerprint density at radius 3 is 2.39 bits per heavy atom. The molecule has 1 aliphatic heterocycles. The predicted octanol–water partition coefficient (Wildman–Crippen LogP) is -4.31. The summed E-state index contributed by atoms with van der Waals surface area (Å²) in [5.74, 6) is -2.31. The molecule has 132 valence electrons. The van der Waals surface area contributed by atoms with Gasteiger partial charge in [-0.1, -0.05) is 0 Å². The lowest BCUT2D eigenvalue weighted by atomic mass is 10.0. The molecule has 1 heterocycles. The van der Waals surface area contributed by atoms with Crippen LogP contribution >= 0.6 is 0 Å². The van der Waals surface area contributed by atoms with Crippen molar-refractivity contribution < 1.29 is 54.8 Å². The maximum absolute atomic E-state index is 11.0. The highest BCUT2D eigenvalue weighted by Crippen LogP contribution is 2.22. The monoisotopic (exact) mass is 338 g/mol. The van der Waals surface area contributed by atoms with Gasteiger partial charge in [-0.15, -0.1) is 0 Å². The minimum atomic E-state index is -2.01. The predicted molar refractivity (Wildman–Crippen MR) is 68.6 cm³/mol. The van der Waals surface area contributed by atoms with Crippen LogP contribution in [0.1, 0.15) is 0 Å². The van der Waals surface area contributed by atoms with E-state index < -0.39 is 61.2 Å². The van der Waals surface area contributed by atoms with Gasteiger partial charge in [0.15, 0.2) is 6.29 Å². The van der Waals surface area contributed by atoms with Crippen LogP contribution in [0.25, 0.3) is 0 Å². The van der Waals surface area contributed by atoms with E-state index in [0.717, 1.165) is 0 Å². The molecule has 0 aromatic heterocycles. The third-order valence-corrected chi connectivity index (χ3v) is 3.10. The Kier molecular flexibility index (Phi) is 7.02. The maximum Gasteiger partial charge on any atom is 0.371 e. The number of aliphatic hydroxyl groups is 6. The van der Waals surface area contributed by atoms with E-state index in [9.17, 15) is 35.1 Å². The fourth-order valence-electron chi connectivity index (χ4n) is 1.76. The molecule has 23 heavy (non-hydrogen) atoms. The first-order valence-electron chi connectivity index (χ1n) is 6.46. The summed E-state index contributed by atoms with van der Waals surface area (Å²) in [6.07, 6.45) is -12.1. The van der Waals surface area contributed by atoms with Gasteiger partial charge in [0, 0.05) is 0 Å². The zero-order valence-corrected chi connectivity index (χ0v) is 11.7. The van der Waals surface area contributed by atoms with Crippen LogP contribution in [0, 0.1) is 0 Å². The van der Waals surface area contributed by atoms with Gasteiger partial charge in [-0.3, -0.25) is 0 Å². The van der Waals surface area contributed by atoms with Gasteiger partial charge in [0.25, 0.3) is 0 Å². The number of hydrogen-bond acceptors (Lipinski definition) is 10. The van der Waals surface area contributed by atoms with Crippen LogP contribution in [-0.2, 0) is 19.1 Å².